The second-order valence-corrected chi connectivity index (χ2v) is 17.4. The summed E-state index contributed by atoms with van der Waals surface area (Å²) >= 11 is 0. The van der Waals surface area contributed by atoms with Gasteiger partial charge in [0.15, 0.2) is 0 Å². The number of nitrogens with zero attached hydrogens (tertiary/aromatic N) is 2. The van der Waals surface area contributed by atoms with E-state index in [9.17, 15) is 0 Å². The zero-order valence-corrected chi connectivity index (χ0v) is 37.5. The minimum atomic E-state index is 1.08. The molecule has 0 fully saturated rings. The molecule has 11 aromatic carbocycles. The van der Waals surface area contributed by atoms with Gasteiger partial charge in [0.25, 0.3) is 0 Å². The van der Waals surface area contributed by atoms with Crippen LogP contribution in [0.4, 0.5) is 17.1 Å². The maximum Gasteiger partial charge on any atom is 0.0541 e. The van der Waals surface area contributed by atoms with Gasteiger partial charge in [-0.05, 0) is 152 Å². The molecule has 0 N–H and O–H groups in total. The molecule has 1 heterocycles. The minimum Gasteiger partial charge on any atom is -0.311 e. The van der Waals surface area contributed by atoms with Crippen molar-refractivity contribution >= 4 is 38.9 Å². The Labute approximate surface area is 397 Å². The summed E-state index contributed by atoms with van der Waals surface area (Å²) in [6.45, 7) is 0. The lowest BCUT2D eigenvalue weighted by Crippen LogP contribution is -2.09. The maximum absolute atomic E-state index is 2.37. The highest BCUT2D eigenvalue weighted by Gasteiger charge is 2.17. The number of fused-ring (bicyclic) bond motifs is 3. The fourth-order valence-corrected chi connectivity index (χ4v) is 9.74. The Morgan fingerprint density at radius 2 is 0.515 bits per heavy atom. The van der Waals surface area contributed by atoms with Crippen LogP contribution in [0.25, 0.3) is 94.3 Å². The van der Waals surface area contributed by atoms with E-state index in [0.29, 0.717) is 0 Å². The van der Waals surface area contributed by atoms with E-state index in [4.69, 9.17) is 0 Å². The number of para-hydroxylation sites is 2. The van der Waals surface area contributed by atoms with E-state index in [1.165, 1.54) is 83.0 Å². The summed E-state index contributed by atoms with van der Waals surface area (Å²) in [6, 6.07) is 101. The number of anilines is 3. The van der Waals surface area contributed by atoms with Crippen LogP contribution in [0.2, 0.25) is 0 Å². The molecule has 0 spiro atoms. The average molecular weight is 867 g/mol. The summed E-state index contributed by atoms with van der Waals surface area (Å²) in [4.78, 5) is 2.36. The summed E-state index contributed by atoms with van der Waals surface area (Å²) in [5.41, 5.74) is 21.1. The summed E-state index contributed by atoms with van der Waals surface area (Å²) in [7, 11) is 0. The van der Waals surface area contributed by atoms with Crippen molar-refractivity contribution < 1.29 is 0 Å². The molecule has 0 unspecified atom stereocenters. The van der Waals surface area contributed by atoms with Gasteiger partial charge in [-0.2, -0.15) is 0 Å². The monoisotopic (exact) mass is 866 g/mol. The van der Waals surface area contributed by atoms with Crippen molar-refractivity contribution in [1.82, 2.24) is 4.57 Å². The van der Waals surface area contributed by atoms with Gasteiger partial charge in [-0.25, -0.2) is 0 Å². The van der Waals surface area contributed by atoms with Crippen molar-refractivity contribution in [2.45, 2.75) is 0 Å². The minimum absolute atomic E-state index is 1.08. The molecule has 0 aliphatic rings. The van der Waals surface area contributed by atoms with E-state index < -0.39 is 0 Å². The Bertz CT molecular complexity index is 3600. The Morgan fingerprint density at radius 1 is 0.206 bits per heavy atom. The van der Waals surface area contributed by atoms with E-state index in [1.807, 2.05) is 0 Å². The lowest BCUT2D eigenvalue weighted by atomic mass is 9.93. The summed E-state index contributed by atoms with van der Waals surface area (Å²) in [5.74, 6) is 0. The third-order valence-corrected chi connectivity index (χ3v) is 13.2. The van der Waals surface area contributed by atoms with Crippen LogP contribution in [-0.2, 0) is 0 Å². The summed E-state index contributed by atoms with van der Waals surface area (Å²) in [6.07, 6.45) is 0. The summed E-state index contributed by atoms with van der Waals surface area (Å²) in [5, 5.41) is 2.49. The van der Waals surface area contributed by atoms with Crippen LogP contribution in [0, 0.1) is 0 Å². The van der Waals surface area contributed by atoms with Gasteiger partial charge in [0.05, 0.1) is 11.0 Å². The molecule has 0 atom stereocenters. The second-order valence-electron chi connectivity index (χ2n) is 17.4. The number of hydrogen-bond donors (Lipinski definition) is 0. The third-order valence-electron chi connectivity index (χ3n) is 13.2. The van der Waals surface area contributed by atoms with Crippen molar-refractivity contribution in [2.75, 3.05) is 4.90 Å². The van der Waals surface area contributed by atoms with Gasteiger partial charge in [0.1, 0.15) is 0 Å². The van der Waals surface area contributed by atoms with Crippen LogP contribution < -0.4 is 4.90 Å². The Balaban J connectivity index is 0.915. The van der Waals surface area contributed by atoms with Crippen LogP contribution in [0.3, 0.4) is 0 Å². The van der Waals surface area contributed by atoms with Crippen LogP contribution in [0.5, 0.6) is 0 Å². The molecule has 0 bridgehead atoms. The van der Waals surface area contributed by atoms with Crippen molar-refractivity contribution in [3.63, 3.8) is 0 Å². The smallest absolute Gasteiger partial charge is 0.0541 e. The van der Waals surface area contributed by atoms with Gasteiger partial charge in [-0.1, -0.05) is 194 Å². The van der Waals surface area contributed by atoms with Gasteiger partial charge in [-0.3, -0.25) is 0 Å². The van der Waals surface area contributed by atoms with E-state index in [2.05, 4.69) is 289 Å². The van der Waals surface area contributed by atoms with Crippen LogP contribution >= 0.6 is 0 Å². The van der Waals surface area contributed by atoms with Gasteiger partial charge in [0, 0.05) is 33.5 Å². The fourth-order valence-electron chi connectivity index (χ4n) is 9.74. The Morgan fingerprint density at radius 3 is 0.971 bits per heavy atom. The van der Waals surface area contributed by atoms with Crippen molar-refractivity contribution in [3.8, 4) is 72.4 Å². The molecule has 68 heavy (non-hydrogen) atoms. The molecule has 0 aliphatic heterocycles. The van der Waals surface area contributed by atoms with Gasteiger partial charge in [-0.15, -0.1) is 0 Å². The van der Waals surface area contributed by atoms with Crippen LogP contribution in [0.15, 0.2) is 279 Å². The van der Waals surface area contributed by atoms with Crippen molar-refractivity contribution in [2.24, 2.45) is 0 Å². The van der Waals surface area contributed by atoms with Gasteiger partial charge >= 0.3 is 0 Å². The zero-order chi connectivity index (χ0) is 45.2. The summed E-state index contributed by atoms with van der Waals surface area (Å²) < 4.78 is 2.37. The van der Waals surface area contributed by atoms with E-state index in [1.54, 1.807) is 0 Å². The molecule has 2 heteroatoms. The molecule has 2 nitrogen and oxygen atoms in total. The first kappa shape index (κ1) is 40.5. The first-order valence-electron chi connectivity index (χ1n) is 23.3. The van der Waals surface area contributed by atoms with Crippen molar-refractivity contribution in [1.29, 1.82) is 0 Å². The van der Waals surface area contributed by atoms with Gasteiger partial charge in [0.2, 0.25) is 0 Å². The second kappa shape index (κ2) is 17.8. The van der Waals surface area contributed by atoms with E-state index >= 15 is 0 Å². The van der Waals surface area contributed by atoms with E-state index in [-0.39, 0.29) is 0 Å². The predicted molar refractivity (Wildman–Crippen MR) is 288 cm³/mol. The fraction of sp³-hybridized carbons (Fsp3) is 0. The highest BCUT2D eigenvalue weighted by atomic mass is 15.1. The predicted octanol–water partition coefficient (Wildman–Crippen LogP) is 18.3. The SMILES string of the molecule is c1ccc(-c2ccc(-c3ccc(N(c4ccc(-c5cc(-c6ccccc6)cc(-c6ccccc6)c5)cc4)c4ccc(-c5ccc6c(c5)c5ccccc5n6-c5ccccc5)cc4)cc3)cc2)cc1. The first-order valence-corrected chi connectivity index (χ1v) is 23.3. The molecule has 0 amide bonds. The Kier molecular flexibility index (Phi) is 10.6. The number of benzene rings is 11. The maximum atomic E-state index is 2.37. The molecule has 1 aromatic heterocycles. The zero-order valence-electron chi connectivity index (χ0n) is 37.5. The first-order chi connectivity index (χ1) is 33.7. The standard InChI is InChI=1S/C66H46N2/c1-5-15-47(16-6-1)50-25-27-51(28-26-50)52-29-36-60(37-30-52)67(62-40-33-54(34-41-62)58-44-56(48-17-7-2-8-18-48)43-57(45-58)49-19-9-3-10-20-49)61-38-31-53(32-39-61)55-35-42-66-64(46-55)63-23-13-14-24-65(63)68(66)59-21-11-4-12-22-59/h1-46H. The normalized spacial score (nSPS) is 11.2. The molecule has 0 aliphatic carbocycles. The molecule has 320 valence electrons. The largest absolute Gasteiger partial charge is 0.311 e. The highest BCUT2D eigenvalue weighted by Crippen LogP contribution is 2.41. The highest BCUT2D eigenvalue weighted by molar-refractivity contribution is 6.10. The third kappa shape index (κ3) is 7.85. The van der Waals surface area contributed by atoms with Crippen LogP contribution in [0.1, 0.15) is 0 Å². The topological polar surface area (TPSA) is 8.17 Å². The van der Waals surface area contributed by atoms with Crippen molar-refractivity contribution in [3.05, 3.63) is 279 Å². The molecule has 0 saturated heterocycles. The molecular weight excluding hydrogens is 821 g/mol. The molecular formula is C66H46N2. The molecule has 12 aromatic rings. The molecule has 12 rings (SSSR count). The van der Waals surface area contributed by atoms with E-state index in [0.717, 1.165) is 28.3 Å². The number of rotatable bonds is 10. The molecule has 0 saturated carbocycles. The molecule has 0 radical (unpaired) electrons. The number of aromatic nitrogens is 1. The lowest BCUT2D eigenvalue weighted by Gasteiger charge is -2.26. The number of hydrogen-bond acceptors (Lipinski definition) is 1. The Hall–Kier alpha value is -8.98. The average Bonchev–Trinajstić information content (AvgIpc) is 3.76. The van der Waals surface area contributed by atoms with Gasteiger partial charge < -0.3 is 9.47 Å². The lowest BCUT2D eigenvalue weighted by molar-refractivity contribution is 1.18. The quantitative estimate of drug-likeness (QED) is 0.133. The van der Waals surface area contributed by atoms with Crippen LogP contribution in [-0.4, -0.2) is 4.57 Å².